The molecule has 0 radical (unpaired) electrons. The van der Waals surface area contributed by atoms with Crippen molar-refractivity contribution in [2.24, 2.45) is 5.10 Å². The molecule has 0 aromatic heterocycles. The second-order valence-electron chi connectivity index (χ2n) is 8.67. The second-order valence-corrected chi connectivity index (χ2v) is 8.67. The molecule has 1 aliphatic rings. The van der Waals surface area contributed by atoms with Gasteiger partial charge in [0.2, 0.25) is 11.9 Å². The highest BCUT2D eigenvalue weighted by molar-refractivity contribution is 5.93. The number of fused-ring (bicyclic) bond motifs is 2. The molecule has 1 N–H and O–H groups in total. The number of ether oxygens (including phenoxy) is 6. The molecule has 1 aliphatic heterocycles. The molecule has 204 valence electrons. The molecule has 10 heteroatoms. The lowest BCUT2D eigenvalue weighted by atomic mass is 10.1. The van der Waals surface area contributed by atoms with Crippen LogP contribution in [0, 0.1) is 0 Å². The lowest BCUT2D eigenvalue weighted by Crippen LogP contribution is -2.42. The van der Waals surface area contributed by atoms with E-state index in [0.29, 0.717) is 34.3 Å². The lowest BCUT2D eigenvalue weighted by molar-refractivity contribution is -0.130. The number of esters is 1. The third kappa shape index (κ3) is 5.60. The first kappa shape index (κ1) is 26.4. The van der Waals surface area contributed by atoms with Crippen molar-refractivity contribution >= 4 is 28.9 Å². The molecule has 0 bridgehead atoms. The average molecular weight is 543 g/mol. The zero-order valence-corrected chi connectivity index (χ0v) is 22.0. The minimum atomic E-state index is -0.864. The Labute approximate surface area is 230 Å². The van der Waals surface area contributed by atoms with Crippen LogP contribution in [0.1, 0.15) is 15.9 Å². The maximum atomic E-state index is 12.8. The summed E-state index contributed by atoms with van der Waals surface area (Å²) in [6.45, 7) is 0.0546. The summed E-state index contributed by atoms with van der Waals surface area (Å²) >= 11 is 0. The Bertz CT molecular complexity index is 1580. The fraction of sp³-hybridized carbons (Fsp3) is 0.167. The number of rotatable bonds is 8. The number of methoxy groups -OCH3 is 3. The Morgan fingerprint density at radius 3 is 2.25 bits per heavy atom. The molecule has 1 heterocycles. The Hall–Kier alpha value is -5.25. The molecule has 0 spiro atoms. The topological polar surface area (TPSA) is 114 Å². The number of amides is 1. The van der Waals surface area contributed by atoms with Crippen molar-refractivity contribution in [2.45, 2.75) is 6.10 Å². The molecule has 0 unspecified atom stereocenters. The van der Waals surface area contributed by atoms with Gasteiger partial charge in [0.05, 0.1) is 33.1 Å². The van der Waals surface area contributed by atoms with Crippen LogP contribution in [0.5, 0.6) is 34.5 Å². The van der Waals surface area contributed by atoms with Crippen molar-refractivity contribution in [2.75, 3.05) is 27.9 Å². The van der Waals surface area contributed by atoms with E-state index < -0.39 is 18.0 Å². The summed E-state index contributed by atoms with van der Waals surface area (Å²) in [5, 5.41) is 6.02. The van der Waals surface area contributed by atoms with Crippen LogP contribution in [-0.4, -0.2) is 52.1 Å². The van der Waals surface area contributed by atoms with E-state index in [2.05, 4.69) is 10.5 Å². The molecule has 4 aromatic rings. The third-order valence-corrected chi connectivity index (χ3v) is 6.12. The van der Waals surface area contributed by atoms with Gasteiger partial charge in [-0.3, -0.25) is 4.79 Å². The highest BCUT2D eigenvalue weighted by Gasteiger charge is 2.27. The van der Waals surface area contributed by atoms with Crippen molar-refractivity contribution in [3.05, 3.63) is 83.9 Å². The molecular formula is C30H26N2O8. The van der Waals surface area contributed by atoms with Crippen molar-refractivity contribution in [1.82, 2.24) is 5.43 Å². The quantitative estimate of drug-likeness (QED) is 0.151. The van der Waals surface area contributed by atoms with E-state index in [1.54, 1.807) is 24.3 Å². The maximum absolute atomic E-state index is 12.8. The van der Waals surface area contributed by atoms with Crippen LogP contribution >= 0.6 is 0 Å². The summed E-state index contributed by atoms with van der Waals surface area (Å²) in [6, 6.07) is 21.2. The van der Waals surface area contributed by atoms with Crippen LogP contribution in [0.4, 0.5) is 0 Å². The van der Waals surface area contributed by atoms with E-state index in [1.165, 1.54) is 39.7 Å². The van der Waals surface area contributed by atoms with Gasteiger partial charge in [0.25, 0.3) is 5.91 Å². The average Bonchev–Trinajstić information content (AvgIpc) is 2.99. The highest BCUT2D eigenvalue weighted by Crippen LogP contribution is 2.38. The summed E-state index contributed by atoms with van der Waals surface area (Å²) in [4.78, 5) is 25.5. The van der Waals surface area contributed by atoms with E-state index in [9.17, 15) is 9.59 Å². The van der Waals surface area contributed by atoms with Gasteiger partial charge < -0.3 is 28.4 Å². The summed E-state index contributed by atoms with van der Waals surface area (Å²) < 4.78 is 33.0. The largest absolute Gasteiger partial charge is 0.493 e. The summed E-state index contributed by atoms with van der Waals surface area (Å²) in [7, 11) is 4.40. The van der Waals surface area contributed by atoms with Crippen LogP contribution in [0.2, 0.25) is 0 Å². The predicted molar refractivity (Wildman–Crippen MR) is 147 cm³/mol. The number of carbonyl (C=O) groups excluding carboxylic acids is 2. The third-order valence-electron chi connectivity index (χ3n) is 6.12. The van der Waals surface area contributed by atoms with Crippen molar-refractivity contribution in [3.63, 3.8) is 0 Å². The first-order valence-electron chi connectivity index (χ1n) is 12.3. The van der Waals surface area contributed by atoms with Gasteiger partial charge in [-0.1, -0.05) is 36.4 Å². The molecule has 0 aliphatic carbocycles. The minimum Gasteiger partial charge on any atom is -0.493 e. The van der Waals surface area contributed by atoms with Crippen molar-refractivity contribution < 1.29 is 38.0 Å². The summed E-state index contributed by atoms with van der Waals surface area (Å²) in [5.41, 5.74) is 3.27. The monoisotopic (exact) mass is 542 g/mol. The molecule has 4 aromatic carbocycles. The highest BCUT2D eigenvalue weighted by atomic mass is 16.6. The van der Waals surface area contributed by atoms with Crippen LogP contribution in [0.25, 0.3) is 10.8 Å². The number of nitrogens with one attached hydrogen (secondary N) is 1. The summed E-state index contributed by atoms with van der Waals surface area (Å²) in [6.07, 6.45) is 0.566. The fourth-order valence-corrected chi connectivity index (χ4v) is 4.15. The smallest absolute Gasteiger partial charge is 0.343 e. The number of hydrazone groups is 1. The Morgan fingerprint density at radius 2 is 1.57 bits per heavy atom. The Balaban J connectivity index is 1.21. The fourth-order valence-electron chi connectivity index (χ4n) is 4.15. The summed E-state index contributed by atoms with van der Waals surface area (Å²) in [5.74, 6) is 1.31. The van der Waals surface area contributed by atoms with E-state index in [0.717, 1.165) is 10.8 Å². The molecular weight excluding hydrogens is 516 g/mol. The number of benzene rings is 4. The molecule has 1 atom stereocenters. The zero-order valence-electron chi connectivity index (χ0n) is 22.0. The Morgan fingerprint density at radius 1 is 0.875 bits per heavy atom. The van der Waals surface area contributed by atoms with Crippen LogP contribution < -0.4 is 33.8 Å². The molecule has 5 rings (SSSR count). The predicted octanol–water partition coefficient (Wildman–Crippen LogP) is 4.37. The zero-order chi connectivity index (χ0) is 28.1. The second kappa shape index (κ2) is 11.6. The number of hydrogen-bond acceptors (Lipinski definition) is 9. The van der Waals surface area contributed by atoms with Gasteiger partial charge >= 0.3 is 5.97 Å². The van der Waals surface area contributed by atoms with E-state index in [1.807, 2.05) is 36.4 Å². The van der Waals surface area contributed by atoms with Gasteiger partial charge in [-0.25, -0.2) is 10.2 Å². The van der Waals surface area contributed by atoms with E-state index >= 15 is 0 Å². The van der Waals surface area contributed by atoms with Crippen molar-refractivity contribution in [1.29, 1.82) is 0 Å². The van der Waals surface area contributed by atoms with E-state index in [-0.39, 0.29) is 17.9 Å². The molecule has 0 saturated heterocycles. The molecule has 40 heavy (non-hydrogen) atoms. The van der Waals surface area contributed by atoms with Crippen LogP contribution in [0.15, 0.2) is 77.9 Å². The maximum Gasteiger partial charge on any atom is 0.343 e. The van der Waals surface area contributed by atoms with Gasteiger partial charge in [0.15, 0.2) is 23.0 Å². The molecule has 10 nitrogen and oxygen atoms in total. The first-order chi connectivity index (χ1) is 19.5. The molecule has 1 amide bonds. The van der Waals surface area contributed by atoms with Crippen LogP contribution in [0.3, 0.4) is 0 Å². The normalized spacial score (nSPS) is 14.0. The number of carbonyl (C=O) groups is 2. The Kier molecular flexibility index (Phi) is 7.68. The lowest BCUT2D eigenvalue weighted by Gasteiger charge is -2.25. The molecule has 0 saturated carbocycles. The van der Waals surface area contributed by atoms with E-state index in [4.69, 9.17) is 28.4 Å². The van der Waals surface area contributed by atoms with Gasteiger partial charge in [0, 0.05) is 0 Å². The van der Waals surface area contributed by atoms with Gasteiger partial charge in [-0.05, 0) is 52.7 Å². The number of hydrogen-bond donors (Lipinski definition) is 1. The van der Waals surface area contributed by atoms with Crippen LogP contribution in [-0.2, 0) is 4.79 Å². The van der Waals surface area contributed by atoms with Crippen molar-refractivity contribution in [3.8, 4) is 34.5 Å². The minimum absolute atomic E-state index is 0.0546. The van der Waals surface area contributed by atoms with Gasteiger partial charge in [-0.15, -0.1) is 0 Å². The first-order valence-corrected chi connectivity index (χ1v) is 12.3. The SMILES string of the molecule is COc1cc(C(=O)Oc2cccc(C=NNC(=O)[C@@H]3COc4cc5ccccc5cc4O3)c2)cc(OC)c1OC. The van der Waals surface area contributed by atoms with Gasteiger partial charge in [0.1, 0.15) is 12.4 Å². The number of nitrogens with zero attached hydrogens (tertiary/aromatic N) is 1. The van der Waals surface area contributed by atoms with Gasteiger partial charge in [-0.2, -0.15) is 5.10 Å². The molecule has 0 fully saturated rings. The standard InChI is InChI=1S/C30H26N2O8/c1-35-25-14-21(15-26(36-2)28(25)37-3)30(34)39-22-10-6-7-18(11-22)16-31-32-29(33)27-17-38-23-12-19-8-4-5-9-20(19)13-24(23)40-27/h4-16,27H,17H2,1-3H3,(H,32,33)/t27-/m0/s1.